The van der Waals surface area contributed by atoms with Crippen molar-refractivity contribution in [3.05, 3.63) is 176 Å². The molecule has 5 aromatic heterocycles. The first-order valence-corrected chi connectivity index (χ1v) is 22.4. The van der Waals surface area contributed by atoms with E-state index in [1.165, 1.54) is 36.6 Å². The summed E-state index contributed by atoms with van der Waals surface area (Å²) >= 11 is 0. The Bertz CT molecular complexity index is 3790. The van der Waals surface area contributed by atoms with Gasteiger partial charge in [-0.1, -0.05) is 117 Å². The number of nitrogens with zero attached hydrogens (tertiary/aromatic N) is 4. The van der Waals surface area contributed by atoms with Crippen LogP contribution in [0.4, 0.5) is 0 Å². The number of imidazole rings is 1. The molecule has 0 radical (unpaired) electrons. The average Bonchev–Trinajstić information content (AvgIpc) is 4.08. The Kier molecular flexibility index (Phi) is 8.02. The van der Waals surface area contributed by atoms with Gasteiger partial charge in [0.2, 0.25) is 0 Å². The molecular weight excluding hydrogens is 785 g/mol. The Balaban J connectivity index is 0.987. The summed E-state index contributed by atoms with van der Waals surface area (Å²) in [5, 5.41) is 15.9. The molecule has 64 heavy (non-hydrogen) atoms. The minimum Gasteiger partial charge on any atom is -0.507 e. The van der Waals surface area contributed by atoms with Crippen LogP contribution in [0.15, 0.2) is 174 Å². The first-order chi connectivity index (χ1) is 31.4. The van der Waals surface area contributed by atoms with Crippen molar-refractivity contribution in [1.82, 2.24) is 18.9 Å². The molecule has 0 unspecified atom stereocenters. The maximum Gasteiger partial charge on any atom is 0.161 e. The summed E-state index contributed by atoms with van der Waals surface area (Å²) in [5.74, 6) is 1.40. The van der Waals surface area contributed by atoms with Gasteiger partial charge in [0.25, 0.3) is 0 Å². The smallest absolute Gasteiger partial charge is 0.161 e. The molecule has 13 rings (SSSR count). The normalized spacial score (nSPS) is 14.6. The molecule has 1 aliphatic rings. The van der Waals surface area contributed by atoms with E-state index >= 15 is 0 Å². The minimum atomic E-state index is 0.191. The van der Waals surface area contributed by atoms with Crippen molar-refractivity contribution in [2.24, 2.45) is 5.41 Å². The number of hydrogen-bond acceptors (Lipinski definition) is 4. The summed E-state index contributed by atoms with van der Waals surface area (Å²) in [6.07, 6.45) is 6.87. The lowest BCUT2D eigenvalue weighted by molar-refractivity contribution is 0.224. The Morgan fingerprint density at radius 1 is 0.594 bits per heavy atom. The lowest BCUT2D eigenvalue weighted by Gasteiger charge is -2.34. The SMILES string of the molecule is CC1(C)CCC(c2ccc(-n3c(-c4ccccc4O)nc4c(-c5cccc(-c6cc7c(cn6)c6cccc8c9oc%10ccccc%10c9n7c68)c5)cccc43)c(-c3ccccc3)c2)CC1. The third-order valence-electron chi connectivity index (χ3n) is 14.2. The summed E-state index contributed by atoms with van der Waals surface area (Å²) in [6, 6.07) is 57.3. The van der Waals surface area contributed by atoms with Gasteiger partial charge in [-0.3, -0.25) is 9.55 Å². The third-order valence-corrected chi connectivity index (χ3v) is 14.2. The fraction of sp³-hybridized carbons (Fsp3) is 0.138. The molecule has 7 aromatic carbocycles. The standard InChI is InChI=1S/C58H44N4O2/c1-58(2)29-27-35(28-30-58)37-25-26-48(45(32-37)36-13-4-3-5-14-36)61-49-22-12-19-40(53(49)60-57(61)42-17-6-8-23-51(42)63)38-15-10-16-39(31-38)47-33-50-46(34-59-47)41-20-11-21-44-54(41)62(50)55-43-18-7-9-24-52(43)64-56(44)55/h3-26,31-35,63H,27-30H2,1-2H3. The van der Waals surface area contributed by atoms with Gasteiger partial charge in [0.1, 0.15) is 22.7 Å². The first-order valence-electron chi connectivity index (χ1n) is 22.4. The number of phenolic OH excluding ortho intramolecular Hbond substituents is 1. The quantitative estimate of drug-likeness (QED) is 0.181. The van der Waals surface area contributed by atoms with Gasteiger partial charge in [-0.15, -0.1) is 0 Å². The van der Waals surface area contributed by atoms with Crippen LogP contribution >= 0.6 is 0 Å². The number of hydrogen-bond donors (Lipinski definition) is 1. The summed E-state index contributed by atoms with van der Waals surface area (Å²) in [5.41, 5.74) is 16.7. The van der Waals surface area contributed by atoms with Crippen molar-refractivity contribution in [1.29, 1.82) is 0 Å². The number of fused-ring (bicyclic) bond motifs is 9. The molecule has 1 N–H and O–H groups in total. The first kappa shape index (κ1) is 36.9. The third kappa shape index (κ3) is 5.58. The Labute approximate surface area is 370 Å². The molecule has 1 aliphatic carbocycles. The maximum atomic E-state index is 11.4. The van der Waals surface area contributed by atoms with Gasteiger partial charge in [0.15, 0.2) is 5.58 Å². The van der Waals surface area contributed by atoms with Crippen LogP contribution in [0, 0.1) is 5.41 Å². The number of phenols is 1. The Morgan fingerprint density at radius 3 is 2.19 bits per heavy atom. The topological polar surface area (TPSA) is 68.5 Å². The van der Waals surface area contributed by atoms with Crippen molar-refractivity contribution in [3.8, 4) is 56.3 Å². The van der Waals surface area contributed by atoms with E-state index in [0.717, 1.165) is 94.1 Å². The Morgan fingerprint density at radius 2 is 1.31 bits per heavy atom. The molecule has 308 valence electrons. The summed E-state index contributed by atoms with van der Waals surface area (Å²) in [4.78, 5) is 10.6. The van der Waals surface area contributed by atoms with Crippen molar-refractivity contribution in [2.45, 2.75) is 45.4 Å². The summed E-state index contributed by atoms with van der Waals surface area (Å²) in [6.45, 7) is 4.80. The largest absolute Gasteiger partial charge is 0.507 e. The van der Waals surface area contributed by atoms with E-state index in [1.54, 1.807) is 6.07 Å². The molecular formula is C58H44N4O2. The van der Waals surface area contributed by atoms with Crippen molar-refractivity contribution in [3.63, 3.8) is 0 Å². The van der Waals surface area contributed by atoms with E-state index in [4.69, 9.17) is 14.4 Å². The van der Waals surface area contributed by atoms with Crippen LogP contribution in [-0.2, 0) is 0 Å². The number of aromatic hydroxyl groups is 1. The van der Waals surface area contributed by atoms with Crippen molar-refractivity contribution in [2.75, 3.05) is 0 Å². The zero-order valence-electron chi connectivity index (χ0n) is 35.7. The van der Waals surface area contributed by atoms with Crippen LogP contribution in [0.1, 0.15) is 51.0 Å². The second-order valence-electron chi connectivity index (χ2n) is 18.5. The van der Waals surface area contributed by atoms with Gasteiger partial charge < -0.3 is 13.9 Å². The highest BCUT2D eigenvalue weighted by atomic mass is 16.3. The van der Waals surface area contributed by atoms with Crippen LogP contribution in [-0.4, -0.2) is 24.0 Å². The van der Waals surface area contributed by atoms with Crippen LogP contribution < -0.4 is 0 Å². The molecule has 0 amide bonds. The molecule has 6 heteroatoms. The highest BCUT2D eigenvalue weighted by Gasteiger charge is 2.29. The fourth-order valence-electron chi connectivity index (χ4n) is 10.8. The number of pyridine rings is 1. The van der Waals surface area contributed by atoms with Crippen LogP contribution in [0.5, 0.6) is 5.75 Å². The predicted octanol–water partition coefficient (Wildman–Crippen LogP) is 15.4. The lowest BCUT2D eigenvalue weighted by atomic mass is 9.71. The number of para-hydroxylation sites is 4. The van der Waals surface area contributed by atoms with Crippen molar-refractivity contribution < 1.29 is 9.52 Å². The van der Waals surface area contributed by atoms with E-state index < -0.39 is 0 Å². The molecule has 1 fully saturated rings. The number of furan rings is 1. The van der Waals surface area contributed by atoms with Gasteiger partial charge in [-0.05, 0) is 114 Å². The van der Waals surface area contributed by atoms with Crippen LogP contribution in [0.25, 0.3) is 111 Å². The summed E-state index contributed by atoms with van der Waals surface area (Å²) in [7, 11) is 0. The van der Waals surface area contributed by atoms with Crippen molar-refractivity contribution >= 4 is 60.3 Å². The van der Waals surface area contributed by atoms with E-state index in [2.05, 4.69) is 150 Å². The maximum absolute atomic E-state index is 11.4. The van der Waals surface area contributed by atoms with Gasteiger partial charge in [0, 0.05) is 44.4 Å². The average molecular weight is 829 g/mol. The molecule has 6 nitrogen and oxygen atoms in total. The molecule has 0 spiro atoms. The molecule has 0 saturated heterocycles. The molecule has 0 atom stereocenters. The molecule has 12 aromatic rings. The molecule has 1 saturated carbocycles. The Hall–Kier alpha value is -7.70. The number of aromatic nitrogens is 4. The minimum absolute atomic E-state index is 0.191. The molecule has 0 aliphatic heterocycles. The van der Waals surface area contributed by atoms with E-state index in [9.17, 15) is 5.11 Å². The molecule has 5 heterocycles. The zero-order valence-corrected chi connectivity index (χ0v) is 35.7. The van der Waals surface area contributed by atoms with E-state index in [1.807, 2.05) is 36.5 Å². The fourth-order valence-corrected chi connectivity index (χ4v) is 10.8. The summed E-state index contributed by atoms with van der Waals surface area (Å²) < 4.78 is 11.1. The predicted molar refractivity (Wildman–Crippen MR) is 262 cm³/mol. The van der Waals surface area contributed by atoms with E-state index in [-0.39, 0.29) is 5.75 Å². The lowest BCUT2D eigenvalue weighted by Crippen LogP contribution is -2.20. The van der Waals surface area contributed by atoms with E-state index in [0.29, 0.717) is 22.7 Å². The van der Waals surface area contributed by atoms with Gasteiger partial charge in [0.05, 0.1) is 39.0 Å². The second kappa shape index (κ2) is 13.9. The zero-order chi connectivity index (χ0) is 42.7. The monoisotopic (exact) mass is 828 g/mol. The second-order valence-corrected chi connectivity index (χ2v) is 18.5. The van der Waals surface area contributed by atoms with Crippen LogP contribution in [0.3, 0.4) is 0 Å². The number of rotatable bonds is 6. The van der Waals surface area contributed by atoms with Crippen LogP contribution in [0.2, 0.25) is 0 Å². The molecule has 0 bridgehead atoms. The highest BCUT2D eigenvalue weighted by molar-refractivity contribution is 6.26. The van der Waals surface area contributed by atoms with Gasteiger partial charge in [-0.2, -0.15) is 0 Å². The number of benzene rings is 7. The van der Waals surface area contributed by atoms with Gasteiger partial charge in [-0.25, -0.2) is 4.98 Å². The highest BCUT2D eigenvalue weighted by Crippen LogP contribution is 2.47. The van der Waals surface area contributed by atoms with Gasteiger partial charge >= 0.3 is 0 Å².